The Bertz CT molecular complexity index is 580. The predicted molar refractivity (Wildman–Crippen MR) is 79.4 cm³/mol. The Labute approximate surface area is 128 Å². The van der Waals surface area contributed by atoms with E-state index in [0.717, 1.165) is 12.8 Å². The van der Waals surface area contributed by atoms with Gasteiger partial charge in [0.15, 0.2) is 0 Å². The summed E-state index contributed by atoms with van der Waals surface area (Å²) in [6.07, 6.45) is 2.33. The highest BCUT2D eigenvalue weighted by molar-refractivity contribution is 7.89. The summed E-state index contributed by atoms with van der Waals surface area (Å²) in [5, 5.41) is 9.21. The lowest BCUT2D eigenvalue weighted by Gasteiger charge is -2.17. The van der Waals surface area contributed by atoms with Gasteiger partial charge in [0.05, 0.1) is 20.6 Å². The van der Waals surface area contributed by atoms with Crippen molar-refractivity contribution in [2.75, 3.05) is 12.3 Å². The number of halogens is 2. The molecule has 1 aromatic rings. The second-order valence-electron chi connectivity index (χ2n) is 4.88. The van der Waals surface area contributed by atoms with Crippen LogP contribution in [0.3, 0.4) is 0 Å². The Balaban J connectivity index is 2.25. The molecule has 20 heavy (non-hydrogen) atoms. The zero-order valence-corrected chi connectivity index (χ0v) is 13.0. The molecule has 0 radical (unpaired) electrons. The summed E-state index contributed by atoms with van der Waals surface area (Å²) in [5.41, 5.74) is 5.74. The lowest BCUT2D eigenvalue weighted by molar-refractivity contribution is 0.265. The molecule has 0 amide bonds. The molecule has 1 fully saturated rings. The van der Waals surface area contributed by atoms with Crippen molar-refractivity contribution in [2.45, 2.75) is 30.2 Å². The summed E-state index contributed by atoms with van der Waals surface area (Å²) in [6.45, 7) is -0.0626. The summed E-state index contributed by atoms with van der Waals surface area (Å²) >= 11 is 11.7. The van der Waals surface area contributed by atoms with Gasteiger partial charge in [0.1, 0.15) is 0 Å². The van der Waals surface area contributed by atoms with Gasteiger partial charge in [-0.2, -0.15) is 0 Å². The molecule has 5 nitrogen and oxygen atoms in total. The van der Waals surface area contributed by atoms with Crippen LogP contribution in [0, 0.1) is 5.92 Å². The topological polar surface area (TPSA) is 92.4 Å². The number of aliphatic hydroxyl groups is 1. The van der Waals surface area contributed by atoms with E-state index in [-0.39, 0.29) is 39.2 Å². The van der Waals surface area contributed by atoms with E-state index in [1.54, 1.807) is 0 Å². The fraction of sp³-hybridized carbons (Fsp3) is 0.500. The van der Waals surface area contributed by atoms with Gasteiger partial charge < -0.3 is 10.8 Å². The molecule has 0 aromatic heterocycles. The zero-order valence-electron chi connectivity index (χ0n) is 10.6. The molecule has 0 heterocycles. The summed E-state index contributed by atoms with van der Waals surface area (Å²) in [5.74, 6) is 0.289. The number of anilines is 1. The molecule has 1 aromatic carbocycles. The molecule has 0 spiro atoms. The van der Waals surface area contributed by atoms with E-state index in [0.29, 0.717) is 6.42 Å². The van der Waals surface area contributed by atoms with Gasteiger partial charge in [0, 0.05) is 12.6 Å². The Morgan fingerprint density at radius 2 is 1.90 bits per heavy atom. The highest BCUT2D eigenvalue weighted by Crippen LogP contribution is 2.35. The van der Waals surface area contributed by atoms with Gasteiger partial charge in [0.25, 0.3) is 0 Å². The van der Waals surface area contributed by atoms with Crippen molar-refractivity contribution in [1.82, 2.24) is 4.72 Å². The van der Waals surface area contributed by atoms with Crippen LogP contribution >= 0.6 is 23.2 Å². The second-order valence-corrected chi connectivity index (χ2v) is 7.41. The standard InChI is InChI=1S/C12H16Cl2N2O3S/c13-9-5-8(6-10(14)12(9)15)20(18,19)16-11(3-4-17)7-1-2-7/h5-7,11,16-17H,1-4,15H2. The molecule has 1 atom stereocenters. The first-order chi connectivity index (χ1) is 9.35. The number of nitrogens with two attached hydrogens (primary N) is 1. The maximum Gasteiger partial charge on any atom is 0.240 e. The molecule has 0 aliphatic heterocycles. The van der Waals surface area contributed by atoms with Gasteiger partial charge >= 0.3 is 0 Å². The van der Waals surface area contributed by atoms with Crippen molar-refractivity contribution in [1.29, 1.82) is 0 Å². The number of benzene rings is 1. The molecule has 0 bridgehead atoms. The normalized spacial score (nSPS) is 17.1. The van der Waals surface area contributed by atoms with Crippen LogP contribution < -0.4 is 10.5 Å². The van der Waals surface area contributed by atoms with E-state index in [4.69, 9.17) is 34.0 Å². The number of hydrogen-bond donors (Lipinski definition) is 3. The van der Waals surface area contributed by atoms with Crippen molar-refractivity contribution in [3.63, 3.8) is 0 Å². The molecule has 1 saturated carbocycles. The van der Waals surface area contributed by atoms with Crippen LogP contribution in [-0.2, 0) is 10.0 Å². The third-order valence-corrected chi connectivity index (χ3v) is 5.40. The third kappa shape index (κ3) is 3.56. The summed E-state index contributed by atoms with van der Waals surface area (Å²) in [4.78, 5) is -0.0229. The van der Waals surface area contributed by atoms with E-state index in [9.17, 15) is 8.42 Å². The largest absolute Gasteiger partial charge is 0.396 e. The lowest BCUT2D eigenvalue weighted by Crippen LogP contribution is -2.37. The fourth-order valence-electron chi connectivity index (χ4n) is 2.01. The van der Waals surface area contributed by atoms with Crippen molar-refractivity contribution >= 4 is 38.9 Å². The molecule has 2 rings (SSSR count). The molecular weight excluding hydrogens is 323 g/mol. The second kappa shape index (κ2) is 6.07. The van der Waals surface area contributed by atoms with Crippen LogP contribution in [0.25, 0.3) is 0 Å². The van der Waals surface area contributed by atoms with Gasteiger partial charge in [-0.05, 0) is 37.3 Å². The van der Waals surface area contributed by atoms with Gasteiger partial charge in [-0.3, -0.25) is 0 Å². The third-order valence-electron chi connectivity index (χ3n) is 3.30. The zero-order chi connectivity index (χ0) is 14.9. The smallest absolute Gasteiger partial charge is 0.240 e. The molecule has 8 heteroatoms. The Morgan fingerprint density at radius 3 is 2.35 bits per heavy atom. The number of rotatable bonds is 6. The number of nitrogen functional groups attached to an aromatic ring is 1. The molecule has 1 aliphatic carbocycles. The quantitative estimate of drug-likeness (QED) is 0.692. The average molecular weight is 339 g/mol. The van der Waals surface area contributed by atoms with Gasteiger partial charge in [-0.15, -0.1) is 0 Å². The number of aliphatic hydroxyl groups excluding tert-OH is 1. The molecule has 1 unspecified atom stereocenters. The van der Waals surface area contributed by atoms with Gasteiger partial charge in [-0.1, -0.05) is 23.2 Å². The fourth-order valence-corrected chi connectivity index (χ4v) is 4.02. The van der Waals surface area contributed by atoms with E-state index < -0.39 is 10.0 Å². The Hall–Kier alpha value is -0.530. The highest BCUT2D eigenvalue weighted by atomic mass is 35.5. The minimum absolute atomic E-state index is 0.0229. The summed E-state index contributed by atoms with van der Waals surface area (Å²) in [6, 6.07) is 2.28. The van der Waals surface area contributed by atoms with E-state index in [2.05, 4.69) is 4.72 Å². The molecule has 4 N–H and O–H groups in total. The van der Waals surface area contributed by atoms with Crippen LogP contribution in [0.5, 0.6) is 0 Å². The average Bonchev–Trinajstić information content (AvgIpc) is 3.18. The van der Waals surface area contributed by atoms with E-state index in [1.165, 1.54) is 12.1 Å². The van der Waals surface area contributed by atoms with Gasteiger partial charge in [-0.25, -0.2) is 13.1 Å². The number of sulfonamides is 1. The van der Waals surface area contributed by atoms with Crippen LogP contribution in [0.2, 0.25) is 10.0 Å². The maximum absolute atomic E-state index is 12.3. The van der Waals surface area contributed by atoms with Crippen molar-refractivity contribution < 1.29 is 13.5 Å². The summed E-state index contributed by atoms with van der Waals surface area (Å²) < 4.78 is 27.2. The predicted octanol–water partition coefficient (Wildman–Crippen LogP) is 2.01. The first kappa shape index (κ1) is 15.9. The first-order valence-electron chi connectivity index (χ1n) is 6.23. The van der Waals surface area contributed by atoms with Crippen LogP contribution in [0.1, 0.15) is 19.3 Å². The first-order valence-corrected chi connectivity index (χ1v) is 8.46. The van der Waals surface area contributed by atoms with E-state index >= 15 is 0 Å². The molecular formula is C12H16Cl2N2O3S. The van der Waals surface area contributed by atoms with Crippen LogP contribution in [-0.4, -0.2) is 26.2 Å². The van der Waals surface area contributed by atoms with E-state index in [1.807, 2.05) is 0 Å². The number of nitrogens with one attached hydrogen (secondary N) is 1. The Kier molecular flexibility index (Phi) is 4.81. The SMILES string of the molecule is Nc1c(Cl)cc(S(=O)(=O)NC(CCO)C2CC2)cc1Cl. The van der Waals surface area contributed by atoms with Crippen molar-refractivity contribution in [2.24, 2.45) is 5.92 Å². The monoisotopic (exact) mass is 338 g/mol. The molecule has 1 aliphatic rings. The van der Waals surface area contributed by atoms with Crippen molar-refractivity contribution in [3.8, 4) is 0 Å². The van der Waals surface area contributed by atoms with Gasteiger partial charge in [0.2, 0.25) is 10.0 Å². The minimum Gasteiger partial charge on any atom is -0.396 e. The molecule has 0 saturated heterocycles. The maximum atomic E-state index is 12.3. The van der Waals surface area contributed by atoms with Crippen LogP contribution in [0.4, 0.5) is 5.69 Å². The minimum atomic E-state index is -3.73. The number of hydrogen-bond acceptors (Lipinski definition) is 4. The summed E-state index contributed by atoms with van der Waals surface area (Å²) in [7, 11) is -3.73. The highest BCUT2D eigenvalue weighted by Gasteiger charge is 2.34. The molecule has 112 valence electrons. The van der Waals surface area contributed by atoms with Crippen LogP contribution in [0.15, 0.2) is 17.0 Å². The van der Waals surface area contributed by atoms with Crippen molar-refractivity contribution in [3.05, 3.63) is 22.2 Å². The lowest BCUT2D eigenvalue weighted by atomic mass is 10.1. The Morgan fingerprint density at radius 1 is 1.35 bits per heavy atom.